The van der Waals surface area contributed by atoms with Gasteiger partial charge in [0.2, 0.25) is 0 Å². The molecular formula is C20H49NP2Si2. The molecular weight excluding hydrogens is 372 g/mol. The molecule has 152 valence electrons. The summed E-state index contributed by atoms with van der Waals surface area (Å²) in [6, 6.07) is 2.93. The van der Waals surface area contributed by atoms with Gasteiger partial charge in [0.05, 0.1) is 0 Å². The van der Waals surface area contributed by atoms with Crippen molar-refractivity contribution in [1.29, 1.82) is 0 Å². The quantitative estimate of drug-likeness (QED) is 0.253. The van der Waals surface area contributed by atoms with E-state index in [1.165, 1.54) is 24.4 Å². The Morgan fingerprint density at radius 2 is 0.800 bits per heavy atom. The highest BCUT2D eigenvalue weighted by Crippen LogP contribution is 2.48. The Balaban J connectivity index is 4.68. The maximum Gasteiger partial charge on any atom is 0.113 e. The van der Waals surface area contributed by atoms with Crippen LogP contribution in [0.4, 0.5) is 0 Å². The van der Waals surface area contributed by atoms with Crippen LogP contribution in [0.1, 0.15) is 55.4 Å². The molecule has 0 radical (unpaired) electrons. The zero-order valence-electron chi connectivity index (χ0n) is 19.5. The first-order valence-electron chi connectivity index (χ1n) is 10.5. The third-order valence-electron chi connectivity index (χ3n) is 5.32. The molecule has 0 aromatic carbocycles. The standard InChI is InChI=1S/C20H49NP2Si2/c1-17(2)22(18(3)4)13-15-24(9,10)21-25(11,12)16-14-23(19(5)6)20(7)8/h17-21H,13-16H2,1-12H3. The molecule has 0 fully saturated rings. The average Bonchev–Trinajstić information content (AvgIpc) is 2.34. The van der Waals surface area contributed by atoms with Crippen molar-refractivity contribution in [2.45, 2.75) is 116 Å². The Morgan fingerprint density at radius 1 is 0.560 bits per heavy atom. The van der Waals surface area contributed by atoms with E-state index < -0.39 is 16.5 Å². The summed E-state index contributed by atoms with van der Waals surface area (Å²) in [5.41, 5.74) is 3.52. The zero-order valence-corrected chi connectivity index (χ0v) is 23.3. The highest BCUT2D eigenvalue weighted by molar-refractivity contribution is 7.59. The van der Waals surface area contributed by atoms with Gasteiger partial charge in [-0.25, -0.2) is 0 Å². The van der Waals surface area contributed by atoms with Crippen LogP contribution in [-0.2, 0) is 0 Å². The number of hydrogen-bond donors (Lipinski definition) is 1. The highest BCUT2D eigenvalue weighted by Gasteiger charge is 2.33. The van der Waals surface area contributed by atoms with E-state index in [2.05, 4.69) is 86.2 Å². The van der Waals surface area contributed by atoms with E-state index in [0.717, 1.165) is 22.6 Å². The molecule has 1 nitrogen and oxygen atoms in total. The summed E-state index contributed by atoms with van der Waals surface area (Å²) in [5, 5.41) is 0. The summed E-state index contributed by atoms with van der Waals surface area (Å²) in [4.78, 5) is 0. The summed E-state index contributed by atoms with van der Waals surface area (Å²) in [5.74, 6) is 0. The van der Waals surface area contributed by atoms with Crippen LogP contribution in [0.2, 0.25) is 38.3 Å². The fourth-order valence-electron chi connectivity index (χ4n) is 4.08. The predicted octanol–water partition coefficient (Wildman–Crippen LogP) is 7.58. The van der Waals surface area contributed by atoms with E-state index in [-0.39, 0.29) is 15.8 Å². The van der Waals surface area contributed by atoms with Crippen LogP contribution in [0, 0.1) is 0 Å². The molecule has 0 bridgehead atoms. The molecule has 0 aromatic heterocycles. The van der Waals surface area contributed by atoms with Gasteiger partial charge in [-0.1, -0.05) is 81.6 Å². The molecule has 0 unspecified atom stereocenters. The maximum atomic E-state index is 4.30. The second kappa shape index (κ2) is 11.3. The van der Waals surface area contributed by atoms with Crippen LogP contribution in [0.3, 0.4) is 0 Å². The monoisotopic (exact) mass is 421 g/mol. The van der Waals surface area contributed by atoms with Crippen molar-refractivity contribution in [3.05, 3.63) is 0 Å². The van der Waals surface area contributed by atoms with Gasteiger partial charge in [0, 0.05) is 0 Å². The molecule has 0 aliphatic carbocycles. The number of rotatable bonds is 12. The molecule has 1 N–H and O–H groups in total. The van der Waals surface area contributed by atoms with Crippen molar-refractivity contribution in [2.24, 2.45) is 0 Å². The van der Waals surface area contributed by atoms with E-state index in [1.807, 2.05) is 0 Å². The number of nitrogens with one attached hydrogen (secondary N) is 1. The Labute approximate surface area is 165 Å². The van der Waals surface area contributed by atoms with E-state index in [9.17, 15) is 0 Å². The van der Waals surface area contributed by atoms with Crippen molar-refractivity contribution in [3.8, 4) is 0 Å². The molecule has 0 saturated carbocycles. The van der Waals surface area contributed by atoms with Gasteiger partial charge in [-0.05, 0) is 47.0 Å². The lowest BCUT2D eigenvalue weighted by atomic mass is 10.5. The smallest absolute Gasteiger partial charge is 0.113 e. The zero-order chi connectivity index (χ0) is 20.0. The van der Waals surface area contributed by atoms with Crippen LogP contribution >= 0.6 is 15.8 Å². The van der Waals surface area contributed by atoms with Gasteiger partial charge in [0.1, 0.15) is 16.5 Å². The number of hydrogen-bond acceptors (Lipinski definition) is 1. The van der Waals surface area contributed by atoms with Crippen molar-refractivity contribution in [3.63, 3.8) is 0 Å². The summed E-state index contributed by atoms with van der Waals surface area (Å²) >= 11 is 0. The molecule has 0 amide bonds. The second-order valence-corrected chi connectivity index (χ2v) is 26.9. The van der Waals surface area contributed by atoms with Gasteiger partial charge in [0.15, 0.2) is 0 Å². The molecule has 5 heteroatoms. The van der Waals surface area contributed by atoms with Crippen LogP contribution in [0.5, 0.6) is 0 Å². The van der Waals surface area contributed by atoms with E-state index in [4.69, 9.17) is 0 Å². The maximum absolute atomic E-state index is 4.30. The molecule has 0 atom stereocenters. The molecule has 0 heterocycles. The largest absolute Gasteiger partial charge is 0.359 e. The molecule has 0 aliphatic heterocycles. The van der Waals surface area contributed by atoms with Gasteiger partial charge >= 0.3 is 0 Å². The lowest BCUT2D eigenvalue weighted by molar-refractivity contribution is 0.994. The van der Waals surface area contributed by atoms with Crippen LogP contribution in [0.15, 0.2) is 0 Å². The summed E-state index contributed by atoms with van der Waals surface area (Å²) in [6.45, 7) is 29.8. The molecule has 0 aromatic rings. The summed E-state index contributed by atoms with van der Waals surface area (Å²) in [7, 11) is -2.18. The topological polar surface area (TPSA) is 12.0 Å². The van der Waals surface area contributed by atoms with Crippen molar-refractivity contribution >= 4 is 32.3 Å². The first kappa shape index (κ1) is 26.3. The van der Waals surface area contributed by atoms with E-state index >= 15 is 0 Å². The average molecular weight is 422 g/mol. The van der Waals surface area contributed by atoms with Crippen molar-refractivity contribution in [2.75, 3.05) is 12.3 Å². The Morgan fingerprint density at radius 3 is 1.00 bits per heavy atom. The minimum Gasteiger partial charge on any atom is -0.359 e. The Kier molecular flexibility index (Phi) is 11.9. The molecule has 0 spiro atoms. The van der Waals surface area contributed by atoms with Gasteiger partial charge in [-0.2, -0.15) is 0 Å². The minimum atomic E-state index is -1.28. The first-order valence-corrected chi connectivity index (χ1v) is 20.2. The fraction of sp³-hybridized carbons (Fsp3) is 1.00. The van der Waals surface area contributed by atoms with Gasteiger partial charge in [-0.3, -0.25) is 0 Å². The second-order valence-electron chi connectivity index (χ2n) is 10.2. The van der Waals surface area contributed by atoms with E-state index in [0.29, 0.717) is 0 Å². The first-order chi connectivity index (χ1) is 11.2. The van der Waals surface area contributed by atoms with E-state index in [1.54, 1.807) is 0 Å². The molecule has 0 aliphatic rings. The lowest BCUT2D eigenvalue weighted by Crippen LogP contribution is -2.59. The lowest BCUT2D eigenvalue weighted by Gasteiger charge is -2.38. The normalized spacial score (nSPS) is 14.2. The van der Waals surface area contributed by atoms with Crippen molar-refractivity contribution < 1.29 is 0 Å². The SMILES string of the molecule is CC(C)P(CC[Si](C)(C)N[Si](C)(C)CCP(C(C)C)C(C)C)C(C)C. The highest BCUT2D eigenvalue weighted by atomic mass is 31.1. The van der Waals surface area contributed by atoms with Crippen LogP contribution in [0.25, 0.3) is 0 Å². The third-order valence-corrected chi connectivity index (χ3v) is 21.4. The minimum absolute atomic E-state index is 0.193. The Bertz CT molecular complexity index is 319. The molecule has 0 saturated heterocycles. The van der Waals surface area contributed by atoms with Gasteiger partial charge in [0.25, 0.3) is 0 Å². The van der Waals surface area contributed by atoms with Crippen LogP contribution < -0.4 is 4.65 Å². The predicted molar refractivity (Wildman–Crippen MR) is 132 cm³/mol. The van der Waals surface area contributed by atoms with Crippen LogP contribution in [-0.4, -0.2) is 51.4 Å². The van der Waals surface area contributed by atoms with Crippen molar-refractivity contribution in [1.82, 2.24) is 4.65 Å². The molecule has 25 heavy (non-hydrogen) atoms. The summed E-state index contributed by atoms with van der Waals surface area (Å²) < 4.78 is 4.30. The Hall–Kier alpha value is 1.25. The van der Waals surface area contributed by atoms with Gasteiger partial charge in [-0.15, -0.1) is 15.8 Å². The fourth-order valence-corrected chi connectivity index (χ4v) is 23.4. The van der Waals surface area contributed by atoms with Gasteiger partial charge < -0.3 is 4.65 Å². The summed E-state index contributed by atoms with van der Waals surface area (Å²) in [6.07, 6.45) is 2.96. The molecule has 0 rings (SSSR count). The third kappa shape index (κ3) is 11.0.